The van der Waals surface area contributed by atoms with Crippen LogP contribution < -0.4 is 5.32 Å². The van der Waals surface area contributed by atoms with E-state index >= 15 is 0 Å². The second kappa shape index (κ2) is 8.33. The molecule has 1 aliphatic rings. The maximum Gasteiger partial charge on any atom is 0.251 e. The quantitative estimate of drug-likeness (QED) is 0.809. The number of amides is 1. The minimum atomic E-state index is -0.0199. The highest BCUT2D eigenvalue weighted by Crippen LogP contribution is 2.27. The summed E-state index contributed by atoms with van der Waals surface area (Å²) in [5.41, 5.74) is 4.56. The van der Waals surface area contributed by atoms with Gasteiger partial charge in [-0.2, -0.15) is 0 Å². The number of rotatable bonds is 7. The fraction of sp³-hybridized carbons (Fsp3) is 0.348. The van der Waals surface area contributed by atoms with Crippen molar-refractivity contribution in [2.45, 2.75) is 52.4 Å². The van der Waals surface area contributed by atoms with Gasteiger partial charge >= 0.3 is 0 Å². The highest BCUT2D eigenvalue weighted by atomic mass is 16.2. The normalized spacial score (nSPS) is 18.5. The fourth-order valence-electron chi connectivity index (χ4n) is 3.57. The first-order valence-electron chi connectivity index (χ1n) is 9.39. The smallest absolute Gasteiger partial charge is 0.251 e. The summed E-state index contributed by atoms with van der Waals surface area (Å²) in [4.78, 5) is 14.8. The van der Waals surface area contributed by atoms with E-state index in [0.717, 1.165) is 30.5 Å². The Kier molecular flexibility index (Phi) is 5.89. The molecule has 0 aromatic heterocycles. The lowest BCUT2D eigenvalue weighted by Gasteiger charge is -2.33. The third-order valence-electron chi connectivity index (χ3n) is 5.35. The standard InChI is InChI=1S/C23H28N2O/c1-17(14-15-20-10-6-4-7-11-20)25-22(18(2)19(3)23(25)26)24-16-21-12-8-5-9-13-21/h4-13,17,22,24H,14-16H2,1-3H3/t17-,22-/m1/s1. The lowest BCUT2D eigenvalue weighted by molar-refractivity contribution is -0.129. The largest absolute Gasteiger partial charge is 0.317 e. The Balaban J connectivity index is 1.67. The summed E-state index contributed by atoms with van der Waals surface area (Å²) in [5, 5.41) is 3.58. The predicted octanol–water partition coefficient (Wildman–Crippen LogP) is 4.30. The first kappa shape index (κ1) is 18.4. The highest BCUT2D eigenvalue weighted by Gasteiger charge is 2.37. The molecule has 1 heterocycles. The molecule has 1 aliphatic heterocycles. The van der Waals surface area contributed by atoms with Crippen molar-refractivity contribution in [3.05, 3.63) is 82.9 Å². The van der Waals surface area contributed by atoms with E-state index in [1.807, 2.05) is 36.1 Å². The van der Waals surface area contributed by atoms with E-state index < -0.39 is 0 Å². The van der Waals surface area contributed by atoms with Crippen LogP contribution in [0.15, 0.2) is 71.8 Å². The van der Waals surface area contributed by atoms with E-state index in [1.54, 1.807) is 0 Å². The molecule has 26 heavy (non-hydrogen) atoms. The summed E-state index contributed by atoms with van der Waals surface area (Å²) in [6, 6.07) is 21.0. The van der Waals surface area contributed by atoms with Gasteiger partial charge < -0.3 is 4.90 Å². The van der Waals surface area contributed by atoms with Crippen molar-refractivity contribution in [1.29, 1.82) is 0 Å². The Morgan fingerprint density at radius 2 is 1.54 bits per heavy atom. The van der Waals surface area contributed by atoms with Gasteiger partial charge in [-0.15, -0.1) is 0 Å². The average Bonchev–Trinajstić information content (AvgIpc) is 2.90. The molecule has 2 atom stereocenters. The SMILES string of the molecule is CC1=C(C)[C@H](NCc2ccccc2)N([C@H](C)CCc2ccccc2)C1=O. The Morgan fingerprint density at radius 1 is 0.962 bits per heavy atom. The Hall–Kier alpha value is -2.39. The van der Waals surface area contributed by atoms with Crippen molar-refractivity contribution in [2.24, 2.45) is 0 Å². The van der Waals surface area contributed by atoms with Gasteiger partial charge in [-0.3, -0.25) is 10.1 Å². The summed E-state index contributed by atoms with van der Waals surface area (Å²) >= 11 is 0. The highest BCUT2D eigenvalue weighted by molar-refractivity contribution is 5.97. The number of hydrogen-bond donors (Lipinski definition) is 1. The molecule has 0 radical (unpaired) electrons. The number of nitrogens with one attached hydrogen (secondary N) is 1. The number of nitrogens with zero attached hydrogens (tertiary/aromatic N) is 1. The molecule has 136 valence electrons. The molecule has 3 nitrogen and oxygen atoms in total. The Labute approximate surface area is 156 Å². The zero-order chi connectivity index (χ0) is 18.5. The minimum Gasteiger partial charge on any atom is -0.317 e. The molecule has 2 aromatic rings. The third-order valence-corrected chi connectivity index (χ3v) is 5.35. The van der Waals surface area contributed by atoms with E-state index in [9.17, 15) is 4.79 Å². The molecule has 0 spiro atoms. The van der Waals surface area contributed by atoms with Gasteiger partial charge in [0.25, 0.3) is 5.91 Å². The van der Waals surface area contributed by atoms with Gasteiger partial charge in [0.05, 0.1) is 0 Å². The molecule has 0 unspecified atom stereocenters. The second-order valence-corrected chi connectivity index (χ2v) is 7.16. The maximum absolute atomic E-state index is 12.8. The molecule has 1 N–H and O–H groups in total. The van der Waals surface area contributed by atoms with Gasteiger partial charge in [0.15, 0.2) is 0 Å². The third kappa shape index (κ3) is 4.05. The van der Waals surface area contributed by atoms with Gasteiger partial charge in [0.2, 0.25) is 0 Å². The second-order valence-electron chi connectivity index (χ2n) is 7.16. The van der Waals surface area contributed by atoms with Crippen LogP contribution in [0.2, 0.25) is 0 Å². The summed E-state index contributed by atoms with van der Waals surface area (Å²) in [7, 11) is 0. The van der Waals surface area contributed by atoms with Crippen molar-refractivity contribution in [3.63, 3.8) is 0 Å². The number of aryl methyl sites for hydroxylation is 1. The van der Waals surface area contributed by atoms with Crippen LogP contribution in [0.1, 0.15) is 38.3 Å². The summed E-state index contributed by atoms with van der Waals surface area (Å²) in [6.45, 7) is 6.92. The molecule has 0 saturated carbocycles. The topological polar surface area (TPSA) is 32.3 Å². The lowest BCUT2D eigenvalue weighted by Crippen LogP contribution is -2.49. The van der Waals surface area contributed by atoms with Crippen molar-refractivity contribution in [1.82, 2.24) is 10.2 Å². The van der Waals surface area contributed by atoms with Crippen molar-refractivity contribution >= 4 is 5.91 Å². The van der Waals surface area contributed by atoms with Crippen LogP contribution in [0.4, 0.5) is 0 Å². The Morgan fingerprint density at radius 3 is 2.15 bits per heavy atom. The van der Waals surface area contributed by atoms with Gasteiger partial charge in [0.1, 0.15) is 6.17 Å². The summed E-state index contributed by atoms with van der Waals surface area (Å²) in [6.07, 6.45) is 1.92. The van der Waals surface area contributed by atoms with Crippen LogP contribution in [0.25, 0.3) is 0 Å². The molecule has 1 amide bonds. The minimum absolute atomic E-state index is 0.0199. The molecule has 0 aliphatic carbocycles. The van der Waals surface area contributed by atoms with E-state index in [2.05, 4.69) is 55.6 Å². The number of carbonyl (C=O) groups excluding carboxylic acids is 1. The zero-order valence-corrected chi connectivity index (χ0v) is 15.9. The van der Waals surface area contributed by atoms with Gasteiger partial charge in [-0.05, 0) is 50.3 Å². The first-order chi connectivity index (χ1) is 12.6. The van der Waals surface area contributed by atoms with E-state index in [-0.39, 0.29) is 18.1 Å². The van der Waals surface area contributed by atoms with E-state index in [0.29, 0.717) is 0 Å². The first-order valence-corrected chi connectivity index (χ1v) is 9.39. The fourth-order valence-corrected chi connectivity index (χ4v) is 3.57. The van der Waals surface area contributed by atoms with Crippen LogP contribution >= 0.6 is 0 Å². The van der Waals surface area contributed by atoms with E-state index in [1.165, 1.54) is 11.1 Å². The van der Waals surface area contributed by atoms with Crippen molar-refractivity contribution in [2.75, 3.05) is 0 Å². The maximum atomic E-state index is 12.8. The number of benzene rings is 2. The molecule has 2 aromatic carbocycles. The summed E-state index contributed by atoms with van der Waals surface area (Å²) in [5.74, 6) is 0.161. The van der Waals surface area contributed by atoms with Gasteiger partial charge in [-0.25, -0.2) is 0 Å². The van der Waals surface area contributed by atoms with E-state index in [4.69, 9.17) is 0 Å². The lowest BCUT2D eigenvalue weighted by atomic mass is 10.0. The van der Waals surface area contributed by atoms with Crippen LogP contribution in [-0.4, -0.2) is 23.0 Å². The molecular weight excluding hydrogens is 320 g/mol. The van der Waals surface area contributed by atoms with Gasteiger partial charge in [-0.1, -0.05) is 60.7 Å². The molecule has 0 saturated heterocycles. The zero-order valence-electron chi connectivity index (χ0n) is 15.9. The monoisotopic (exact) mass is 348 g/mol. The van der Waals surface area contributed by atoms with Crippen LogP contribution in [0.5, 0.6) is 0 Å². The van der Waals surface area contributed by atoms with Crippen molar-refractivity contribution in [3.8, 4) is 0 Å². The van der Waals surface area contributed by atoms with Crippen LogP contribution in [-0.2, 0) is 17.8 Å². The number of hydrogen-bond acceptors (Lipinski definition) is 2. The summed E-state index contributed by atoms with van der Waals surface area (Å²) < 4.78 is 0. The van der Waals surface area contributed by atoms with Gasteiger partial charge in [0, 0.05) is 18.2 Å². The molecule has 0 fully saturated rings. The molecule has 3 heteroatoms. The molecular formula is C23H28N2O. The van der Waals surface area contributed by atoms with Crippen molar-refractivity contribution < 1.29 is 4.79 Å². The van der Waals surface area contributed by atoms with Crippen LogP contribution in [0.3, 0.4) is 0 Å². The van der Waals surface area contributed by atoms with Crippen LogP contribution in [0, 0.1) is 0 Å². The molecule has 0 bridgehead atoms. The predicted molar refractivity (Wildman–Crippen MR) is 107 cm³/mol. The molecule has 3 rings (SSSR count). The average molecular weight is 348 g/mol. The Bertz CT molecular complexity index is 767. The number of carbonyl (C=O) groups is 1.